The number of amides is 1. The zero-order valence-electron chi connectivity index (χ0n) is 14.0. The van der Waals surface area contributed by atoms with Gasteiger partial charge < -0.3 is 14.6 Å². The summed E-state index contributed by atoms with van der Waals surface area (Å²) in [6.45, 7) is 1.48. The van der Waals surface area contributed by atoms with E-state index in [4.69, 9.17) is 30.1 Å². The number of rotatable bonds is 9. The van der Waals surface area contributed by atoms with Crippen molar-refractivity contribution in [1.29, 1.82) is 0 Å². The van der Waals surface area contributed by atoms with Crippen molar-refractivity contribution >= 4 is 30.8 Å². The first-order valence-corrected chi connectivity index (χ1v) is 9.72. The molecule has 1 aromatic carbocycles. The molecule has 10 heteroatoms. The molecule has 1 aromatic rings. The lowest BCUT2D eigenvalue weighted by Gasteiger charge is -2.22. The number of hydrogen-bond acceptors (Lipinski definition) is 8. The molecule has 0 saturated heterocycles. The van der Waals surface area contributed by atoms with Crippen molar-refractivity contribution in [3.05, 3.63) is 23.8 Å². The van der Waals surface area contributed by atoms with Crippen LogP contribution in [0.5, 0.6) is 11.5 Å². The Morgan fingerprint density at radius 2 is 1.96 bits per heavy atom. The molecule has 1 amide bonds. The molecular weight excluding hydrogens is 355 g/mol. The number of carbonyl (C=O) groups excluding carboxylic acids is 1. The summed E-state index contributed by atoms with van der Waals surface area (Å²) in [4.78, 5) is 15.5. The van der Waals surface area contributed by atoms with Crippen molar-refractivity contribution < 1.29 is 27.9 Å². The van der Waals surface area contributed by atoms with Gasteiger partial charge in [0, 0.05) is 24.4 Å². The van der Waals surface area contributed by atoms with Crippen LogP contribution in [0.15, 0.2) is 23.4 Å². The standard InChI is InChI=1S/C14H21N2O6PS/c1-5-19-23(24,20-6-2)22-12-8-7-11(9-13(12)18-4)10-16-21-14(17)15-3/h7-10H,5-6H2,1-4H3,(H,15,17). The number of methoxy groups -OCH3 is 1. The number of hydrogen-bond donors (Lipinski definition) is 1. The molecule has 0 saturated carbocycles. The van der Waals surface area contributed by atoms with Gasteiger partial charge in [-0.3, -0.25) is 13.9 Å². The third kappa shape index (κ3) is 6.45. The third-order valence-corrected chi connectivity index (χ3v) is 4.94. The van der Waals surface area contributed by atoms with Gasteiger partial charge in [0.15, 0.2) is 11.5 Å². The largest absolute Gasteiger partial charge is 0.493 e. The van der Waals surface area contributed by atoms with Crippen molar-refractivity contribution in [2.75, 3.05) is 27.4 Å². The summed E-state index contributed by atoms with van der Waals surface area (Å²) in [6.07, 6.45) is 0.704. The van der Waals surface area contributed by atoms with Crippen LogP contribution >= 0.6 is 6.72 Å². The van der Waals surface area contributed by atoms with Gasteiger partial charge in [-0.1, -0.05) is 5.16 Å². The normalized spacial score (nSPS) is 11.3. The highest BCUT2D eigenvalue weighted by atomic mass is 32.5. The van der Waals surface area contributed by atoms with E-state index in [9.17, 15) is 4.79 Å². The van der Waals surface area contributed by atoms with Crippen molar-refractivity contribution in [2.24, 2.45) is 5.16 Å². The zero-order chi connectivity index (χ0) is 18.0. The predicted molar refractivity (Wildman–Crippen MR) is 94.3 cm³/mol. The topological polar surface area (TPSA) is 87.6 Å². The SMILES string of the molecule is CCOP(=S)(OCC)Oc1ccc(C=NOC(=O)NC)cc1OC. The molecule has 1 N–H and O–H groups in total. The second-order valence-corrected chi connectivity index (χ2v) is 7.08. The van der Waals surface area contributed by atoms with Crippen LogP contribution in [0.3, 0.4) is 0 Å². The highest BCUT2D eigenvalue weighted by Crippen LogP contribution is 2.51. The molecule has 0 unspecified atom stereocenters. The Balaban J connectivity index is 2.93. The van der Waals surface area contributed by atoms with Gasteiger partial charge in [0.05, 0.1) is 26.5 Å². The molecule has 24 heavy (non-hydrogen) atoms. The van der Waals surface area contributed by atoms with E-state index in [-0.39, 0.29) is 0 Å². The fraction of sp³-hybridized carbons (Fsp3) is 0.429. The van der Waals surface area contributed by atoms with Crippen LogP contribution < -0.4 is 14.6 Å². The lowest BCUT2D eigenvalue weighted by atomic mass is 10.2. The van der Waals surface area contributed by atoms with E-state index in [1.807, 2.05) is 13.8 Å². The Labute approximate surface area is 146 Å². The van der Waals surface area contributed by atoms with Gasteiger partial charge in [0.2, 0.25) is 0 Å². The maximum absolute atomic E-state index is 10.9. The maximum Gasteiger partial charge on any atom is 0.433 e. The number of benzene rings is 1. The number of ether oxygens (including phenoxy) is 1. The summed E-state index contributed by atoms with van der Waals surface area (Å²) in [5.74, 6) is 0.819. The van der Waals surface area contributed by atoms with Crippen molar-refractivity contribution in [2.45, 2.75) is 13.8 Å². The molecule has 1 rings (SSSR count). The van der Waals surface area contributed by atoms with E-state index in [2.05, 4.69) is 15.3 Å². The van der Waals surface area contributed by atoms with Crippen LogP contribution in [0.25, 0.3) is 0 Å². The number of nitrogens with zero attached hydrogens (tertiary/aromatic N) is 1. The average Bonchev–Trinajstić information content (AvgIpc) is 2.56. The molecule has 0 atom stereocenters. The summed E-state index contributed by atoms with van der Waals surface area (Å²) in [5.41, 5.74) is 0.643. The van der Waals surface area contributed by atoms with Gasteiger partial charge in [-0.25, -0.2) is 4.79 Å². The van der Waals surface area contributed by atoms with E-state index >= 15 is 0 Å². The van der Waals surface area contributed by atoms with E-state index in [0.29, 0.717) is 30.3 Å². The Morgan fingerprint density at radius 3 is 2.50 bits per heavy atom. The summed E-state index contributed by atoms with van der Waals surface area (Å²) < 4.78 is 21.9. The van der Waals surface area contributed by atoms with Crippen molar-refractivity contribution in [3.63, 3.8) is 0 Å². The molecule has 0 heterocycles. The maximum atomic E-state index is 10.9. The summed E-state index contributed by atoms with van der Waals surface area (Å²) in [7, 11) is 2.93. The molecule has 0 aromatic heterocycles. The molecule has 0 spiro atoms. The van der Waals surface area contributed by atoms with Gasteiger partial charge >= 0.3 is 12.8 Å². The number of carbonyl (C=O) groups is 1. The van der Waals surface area contributed by atoms with E-state index < -0.39 is 12.8 Å². The molecule has 0 aliphatic heterocycles. The lowest BCUT2D eigenvalue weighted by molar-refractivity contribution is 0.154. The lowest BCUT2D eigenvalue weighted by Crippen LogP contribution is -2.16. The number of oxime groups is 1. The molecule has 8 nitrogen and oxygen atoms in total. The van der Waals surface area contributed by atoms with Crippen LogP contribution in [-0.4, -0.2) is 39.7 Å². The van der Waals surface area contributed by atoms with Crippen molar-refractivity contribution in [1.82, 2.24) is 5.32 Å². The number of nitrogens with one attached hydrogen (secondary N) is 1. The molecule has 0 radical (unpaired) electrons. The van der Waals surface area contributed by atoms with E-state index in [1.165, 1.54) is 20.4 Å². The first kappa shape index (κ1) is 20.4. The Morgan fingerprint density at radius 1 is 1.29 bits per heavy atom. The van der Waals surface area contributed by atoms with Gasteiger partial charge in [0.25, 0.3) is 0 Å². The van der Waals surface area contributed by atoms with Crippen LogP contribution in [0, 0.1) is 0 Å². The second kappa shape index (κ2) is 10.2. The minimum Gasteiger partial charge on any atom is -0.493 e. The molecule has 0 bridgehead atoms. The van der Waals surface area contributed by atoms with Crippen LogP contribution in [0.2, 0.25) is 0 Å². The van der Waals surface area contributed by atoms with Gasteiger partial charge in [0.1, 0.15) is 0 Å². The molecule has 0 fully saturated rings. The van der Waals surface area contributed by atoms with Crippen LogP contribution in [0.4, 0.5) is 4.79 Å². The fourth-order valence-electron chi connectivity index (χ4n) is 1.55. The zero-order valence-corrected chi connectivity index (χ0v) is 15.7. The van der Waals surface area contributed by atoms with Crippen LogP contribution in [0.1, 0.15) is 19.4 Å². The Hall–Kier alpha value is -1.67. The first-order valence-electron chi connectivity index (χ1n) is 7.16. The van der Waals surface area contributed by atoms with E-state index in [1.54, 1.807) is 18.2 Å². The van der Waals surface area contributed by atoms with Crippen molar-refractivity contribution in [3.8, 4) is 11.5 Å². The summed E-state index contributed by atoms with van der Waals surface area (Å²) in [6, 6.07) is 5.01. The monoisotopic (exact) mass is 376 g/mol. The van der Waals surface area contributed by atoms with Gasteiger partial charge in [-0.15, -0.1) is 0 Å². The minimum absolute atomic E-state index is 0.376. The Bertz CT molecular complexity index is 615. The summed E-state index contributed by atoms with van der Waals surface area (Å²) in [5, 5.41) is 5.83. The molecule has 0 aliphatic carbocycles. The quantitative estimate of drug-likeness (QED) is 0.307. The minimum atomic E-state index is -2.89. The molecule has 0 aliphatic rings. The second-order valence-electron chi connectivity index (χ2n) is 4.15. The average molecular weight is 376 g/mol. The Kier molecular flexibility index (Phi) is 8.70. The smallest absolute Gasteiger partial charge is 0.433 e. The third-order valence-electron chi connectivity index (χ3n) is 2.51. The highest BCUT2D eigenvalue weighted by molar-refractivity contribution is 8.07. The highest BCUT2D eigenvalue weighted by Gasteiger charge is 2.23. The fourth-order valence-corrected chi connectivity index (χ4v) is 3.62. The predicted octanol–water partition coefficient (Wildman–Crippen LogP) is 3.06. The molecular formula is C14H21N2O6PS. The van der Waals surface area contributed by atoms with Crippen LogP contribution in [-0.2, 0) is 25.7 Å². The van der Waals surface area contributed by atoms with E-state index in [0.717, 1.165) is 0 Å². The van der Waals surface area contributed by atoms with Gasteiger partial charge in [-0.05, 0) is 32.0 Å². The summed E-state index contributed by atoms with van der Waals surface area (Å²) >= 11 is 5.33. The first-order chi connectivity index (χ1) is 11.5. The van der Waals surface area contributed by atoms with Gasteiger partial charge in [-0.2, -0.15) is 0 Å². The molecule has 134 valence electrons.